The molecule has 2 aliphatic heterocycles. The standard InChI is InChI=1S/C19H30N2O.2ClH/c1-14-12-15(2)18(16(3)13-14)19(17-4-10-22-11-5-17)21-8-6-20-7-9-21;;/h12-13,17,19-20H,4-11H2,1-3H3;2*1H/t19-;;/m0../s1. The summed E-state index contributed by atoms with van der Waals surface area (Å²) in [5.74, 6) is 0.729. The minimum atomic E-state index is 0. The van der Waals surface area contributed by atoms with Crippen molar-refractivity contribution >= 4 is 24.8 Å². The summed E-state index contributed by atoms with van der Waals surface area (Å²) in [6.07, 6.45) is 2.39. The van der Waals surface area contributed by atoms with E-state index in [1.54, 1.807) is 5.56 Å². The lowest BCUT2D eigenvalue weighted by molar-refractivity contribution is 0.0209. The minimum Gasteiger partial charge on any atom is -0.381 e. The van der Waals surface area contributed by atoms with Crippen LogP contribution in [0.1, 0.15) is 41.1 Å². The molecule has 1 aromatic carbocycles. The summed E-state index contributed by atoms with van der Waals surface area (Å²) in [7, 11) is 0. The summed E-state index contributed by atoms with van der Waals surface area (Å²) in [6.45, 7) is 13.2. The van der Waals surface area contributed by atoms with Crippen LogP contribution >= 0.6 is 24.8 Å². The molecule has 1 aromatic rings. The molecule has 0 radical (unpaired) electrons. The molecule has 1 atom stereocenters. The van der Waals surface area contributed by atoms with Crippen LogP contribution in [0.5, 0.6) is 0 Å². The first-order valence-electron chi connectivity index (χ1n) is 8.77. The number of ether oxygens (including phenoxy) is 1. The van der Waals surface area contributed by atoms with E-state index in [1.165, 1.54) is 29.5 Å². The third-order valence-corrected chi connectivity index (χ3v) is 5.29. The summed E-state index contributed by atoms with van der Waals surface area (Å²) in [5, 5.41) is 3.50. The lowest BCUT2D eigenvalue weighted by Crippen LogP contribution is -2.48. The first kappa shape index (κ1) is 21.7. The van der Waals surface area contributed by atoms with Crippen LogP contribution in [0.3, 0.4) is 0 Å². The van der Waals surface area contributed by atoms with Crippen LogP contribution in [0.4, 0.5) is 0 Å². The van der Waals surface area contributed by atoms with E-state index in [-0.39, 0.29) is 24.8 Å². The van der Waals surface area contributed by atoms with Gasteiger partial charge in [0, 0.05) is 45.4 Å². The Morgan fingerprint density at radius 2 is 1.54 bits per heavy atom. The topological polar surface area (TPSA) is 24.5 Å². The van der Waals surface area contributed by atoms with Crippen molar-refractivity contribution in [3.63, 3.8) is 0 Å². The van der Waals surface area contributed by atoms with Crippen LogP contribution in [-0.4, -0.2) is 44.3 Å². The van der Waals surface area contributed by atoms with Crippen molar-refractivity contribution < 1.29 is 4.74 Å². The summed E-state index contributed by atoms with van der Waals surface area (Å²) >= 11 is 0. The highest BCUT2D eigenvalue weighted by Crippen LogP contribution is 2.38. The predicted octanol–water partition coefficient (Wildman–Crippen LogP) is 3.83. The van der Waals surface area contributed by atoms with Gasteiger partial charge < -0.3 is 10.1 Å². The molecule has 1 N–H and O–H groups in total. The second-order valence-electron chi connectivity index (χ2n) is 6.99. The van der Waals surface area contributed by atoms with Crippen LogP contribution in [0.15, 0.2) is 12.1 Å². The van der Waals surface area contributed by atoms with E-state index in [2.05, 4.69) is 43.1 Å². The third-order valence-electron chi connectivity index (χ3n) is 5.29. The van der Waals surface area contributed by atoms with E-state index in [1.807, 2.05) is 0 Å². The Kier molecular flexibility index (Phi) is 9.03. The van der Waals surface area contributed by atoms with Crippen molar-refractivity contribution in [3.05, 3.63) is 34.4 Å². The number of piperazine rings is 1. The molecule has 0 aliphatic carbocycles. The molecule has 2 saturated heterocycles. The molecule has 2 heterocycles. The number of nitrogens with one attached hydrogen (secondary N) is 1. The van der Waals surface area contributed by atoms with Gasteiger partial charge in [-0.05, 0) is 56.2 Å². The fourth-order valence-corrected chi connectivity index (χ4v) is 4.37. The van der Waals surface area contributed by atoms with E-state index in [0.717, 1.165) is 45.3 Å². The van der Waals surface area contributed by atoms with Crippen molar-refractivity contribution in [3.8, 4) is 0 Å². The number of nitrogens with zero attached hydrogens (tertiary/aromatic N) is 1. The second kappa shape index (κ2) is 9.98. The highest BCUT2D eigenvalue weighted by molar-refractivity contribution is 5.85. The van der Waals surface area contributed by atoms with E-state index < -0.39 is 0 Å². The highest BCUT2D eigenvalue weighted by Gasteiger charge is 2.33. The number of aryl methyl sites for hydroxylation is 3. The Balaban J connectivity index is 0.00000144. The van der Waals surface area contributed by atoms with Crippen molar-refractivity contribution in [2.75, 3.05) is 39.4 Å². The first-order chi connectivity index (χ1) is 10.7. The SMILES string of the molecule is Cc1cc(C)c([C@H](C2CCOCC2)N2CCNCC2)c(C)c1.Cl.Cl. The van der Waals surface area contributed by atoms with Gasteiger partial charge >= 0.3 is 0 Å². The van der Waals surface area contributed by atoms with Gasteiger partial charge in [-0.3, -0.25) is 4.90 Å². The van der Waals surface area contributed by atoms with E-state index in [4.69, 9.17) is 4.74 Å². The Morgan fingerprint density at radius 3 is 2.08 bits per heavy atom. The van der Waals surface area contributed by atoms with Crippen molar-refractivity contribution in [1.29, 1.82) is 0 Å². The van der Waals surface area contributed by atoms with E-state index in [0.29, 0.717) is 6.04 Å². The van der Waals surface area contributed by atoms with Gasteiger partial charge in [-0.1, -0.05) is 17.7 Å². The van der Waals surface area contributed by atoms with Crippen LogP contribution in [-0.2, 0) is 4.74 Å². The lowest BCUT2D eigenvalue weighted by Gasteiger charge is -2.42. The van der Waals surface area contributed by atoms with Crippen LogP contribution < -0.4 is 5.32 Å². The Morgan fingerprint density at radius 1 is 1.00 bits per heavy atom. The van der Waals surface area contributed by atoms with Gasteiger partial charge in [0.2, 0.25) is 0 Å². The monoisotopic (exact) mass is 374 g/mol. The van der Waals surface area contributed by atoms with E-state index >= 15 is 0 Å². The molecule has 0 saturated carbocycles. The molecule has 0 unspecified atom stereocenters. The van der Waals surface area contributed by atoms with Crippen LogP contribution in [0.2, 0.25) is 0 Å². The number of rotatable bonds is 3. The van der Waals surface area contributed by atoms with Crippen LogP contribution in [0.25, 0.3) is 0 Å². The minimum absolute atomic E-state index is 0. The van der Waals surface area contributed by atoms with Crippen molar-refractivity contribution in [1.82, 2.24) is 10.2 Å². The number of hydrogen-bond donors (Lipinski definition) is 1. The lowest BCUT2D eigenvalue weighted by atomic mass is 9.81. The van der Waals surface area contributed by atoms with Crippen LogP contribution in [0, 0.1) is 26.7 Å². The summed E-state index contributed by atoms with van der Waals surface area (Å²) in [6, 6.07) is 5.28. The molecule has 0 spiro atoms. The smallest absolute Gasteiger partial charge is 0.0469 e. The average Bonchev–Trinajstić information content (AvgIpc) is 2.52. The summed E-state index contributed by atoms with van der Waals surface area (Å²) in [4.78, 5) is 2.72. The first-order valence-corrected chi connectivity index (χ1v) is 8.77. The van der Waals surface area contributed by atoms with Gasteiger partial charge in [-0.15, -0.1) is 24.8 Å². The van der Waals surface area contributed by atoms with Gasteiger partial charge in [0.05, 0.1) is 0 Å². The fourth-order valence-electron chi connectivity index (χ4n) is 4.37. The molecule has 2 aliphatic rings. The average molecular weight is 375 g/mol. The summed E-state index contributed by atoms with van der Waals surface area (Å²) in [5.41, 5.74) is 5.89. The maximum atomic E-state index is 5.62. The highest BCUT2D eigenvalue weighted by atomic mass is 35.5. The Hall–Kier alpha value is -0.320. The van der Waals surface area contributed by atoms with Crippen molar-refractivity contribution in [2.24, 2.45) is 5.92 Å². The number of benzene rings is 1. The predicted molar refractivity (Wildman–Crippen MR) is 106 cm³/mol. The third kappa shape index (κ3) is 4.86. The van der Waals surface area contributed by atoms with E-state index in [9.17, 15) is 0 Å². The number of hydrogen-bond acceptors (Lipinski definition) is 3. The molecule has 3 nitrogen and oxygen atoms in total. The maximum absolute atomic E-state index is 5.62. The van der Waals surface area contributed by atoms with Gasteiger partial charge in [0.15, 0.2) is 0 Å². The zero-order valence-corrected chi connectivity index (χ0v) is 16.8. The molecule has 0 bridgehead atoms. The van der Waals surface area contributed by atoms with Crippen molar-refractivity contribution in [2.45, 2.75) is 39.7 Å². The molecule has 138 valence electrons. The normalized spacial score (nSPS) is 20.8. The largest absolute Gasteiger partial charge is 0.381 e. The Bertz CT molecular complexity index is 471. The molecular formula is C19H32Cl2N2O. The van der Waals surface area contributed by atoms with Gasteiger partial charge in [-0.25, -0.2) is 0 Å². The molecule has 24 heavy (non-hydrogen) atoms. The molecular weight excluding hydrogens is 343 g/mol. The molecule has 3 rings (SSSR count). The van der Waals surface area contributed by atoms with Gasteiger partial charge in [-0.2, -0.15) is 0 Å². The van der Waals surface area contributed by atoms with Gasteiger partial charge in [0.25, 0.3) is 0 Å². The molecule has 2 fully saturated rings. The number of halogens is 2. The Labute approximate surface area is 159 Å². The fraction of sp³-hybridized carbons (Fsp3) is 0.684. The zero-order chi connectivity index (χ0) is 15.5. The quantitative estimate of drug-likeness (QED) is 0.869. The molecule has 0 amide bonds. The maximum Gasteiger partial charge on any atom is 0.0469 e. The molecule has 5 heteroatoms. The second-order valence-corrected chi connectivity index (χ2v) is 6.99. The summed E-state index contributed by atoms with van der Waals surface area (Å²) < 4.78 is 5.62. The zero-order valence-electron chi connectivity index (χ0n) is 15.1. The molecule has 0 aromatic heterocycles. The van der Waals surface area contributed by atoms with Gasteiger partial charge in [0.1, 0.15) is 0 Å².